The van der Waals surface area contributed by atoms with Gasteiger partial charge in [0.2, 0.25) is 0 Å². The van der Waals surface area contributed by atoms with E-state index < -0.39 is 13.9 Å². The van der Waals surface area contributed by atoms with Gasteiger partial charge >= 0.3 is 13.8 Å². The molecule has 0 aliphatic heterocycles. The number of nitrogens with zero attached hydrogens (tertiary/aromatic N) is 1. The van der Waals surface area contributed by atoms with Crippen LogP contribution >= 0.6 is 7.82 Å². The summed E-state index contributed by atoms with van der Waals surface area (Å²) in [5.41, 5.74) is 0. The first-order valence-corrected chi connectivity index (χ1v) is 22.2. The number of esters is 1. The van der Waals surface area contributed by atoms with Crippen LogP contribution < -0.4 is 0 Å². The van der Waals surface area contributed by atoms with Gasteiger partial charge in [-0.25, -0.2) is 4.57 Å². The fourth-order valence-corrected chi connectivity index (χ4v) is 5.82. The fraction of sp³-hybridized carbons (Fsp3) is 0.705. The van der Waals surface area contributed by atoms with E-state index >= 15 is 0 Å². The number of phosphoric ester groups is 1. The first-order valence-electron chi connectivity index (χ1n) is 20.7. The third kappa shape index (κ3) is 41.0. The Morgan fingerprint density at radius 3 is 1.64 bits per heavy atom. The van der Waals surface area contributed by atoms with Crippen LogP contribution in [0, 0.1) is 0 Å². The van der Waals surface area contributed by atoms with Gasteiger partial charge in [-0.1, -0.05) is 145 Å². The van der Waals surface area contributed by atoms with Gasteiger partial charge in [-0.3, -0.25) is 13.8 Å². The summed E-state index contributed by atoms with van der Waals surface area (Å²) in [5, 5.41) is 0. The molecule has 0 saturated heterocycles. The molecule has 53 heavy (non-hydrogen) atoms. The molecule has 0 aliphatic carbocycles. The van der Waals surface area contributed by atoms with E-state index in [1.807, 2.05) is 21.1 Å². The molecule has 0 amide bonds. The number of allylic oxidation sites excluding steroid dienone is 12. The van der Waals surface area contributed by atoms with Crippen molar-refractivity contribution >= 4 is 13.8 Å². The molecular formula is C44H79NO7P+. The molecule has 306 valence electrons. The molecule has 0 radical (unpaired) electrons. The number of phosphoric acid groups is 1. The standard InChI is InChI=1S/C44H78NO7P/c1-6-8-10-12-14-16-17-18-19-20-21-22-23-24-25-26-27-28-29-30-31-33-35-37-44(46)52-43(41-49-39-36-34-32-15-13-11-9-7-2)42-51-53(47,48)50-40-38-45(3,4)5/h8,10,14,16,18-19,21-22,24-25,27-28,43H,6-7,9,11-13,15,17,20,23,26,29-42H2,1-5H3/p+1/b10-8-,16-14-,19-18-,22-21-,25-24-,28-27-. The minimum atomic E-state index is -4.28. The lowest BCUT2D eigenvalue weighted by Crippen LogP contribution is -2.37. The third-order valence-electron chi connectivity index (χ3n) is 8.28. The molecule has 0 saturated carbocycles. The average Bonchev–Trinajstić information content (AvgIpc) is 3.11. The number of hydrogen-bond acceptors (Lipinski definition) is 6. The maximum Gasteiger partial charge on any atom is 0.472 e. The van der Waals surface area contributed by atoms with Crippen LogP contribution in [-0.4, -0.2) is 75.6 Å². The monoisotopic (exact) mass is 765 g/mol. The molecular weight excluding hydrogens is 685 g/mol. The lowest BCUT2D eigenvalue weighted by Gasteiger charge is -2.24. The van der Waals surface area contributed by atoms with Crippen LogP contribution in [0.3, 0.4) is 0 Å². The molecule has 0 aromatic rings. The zero-order valence-corrected chi connectivity index (χ0v) is 35.4. The van der Waals surface area contributed by atoms with Gasteiger partial charge in [0.25, 0.3) is 0 Å². The SMILES string of the molecule is CC/C=C\C/C=C\C/C=C\C/C=C\C/C=C\C/C=C\CCCCCCC(=O)OC(COCCCCCCCCCC)COP(=O)(O)OCC[N+](C)(C)C. The Kier molecular flexibility index (Phi) is 35.5. The summed E-state index contributed by atoms with van der Waals surface area (Å²) < 4.78 is 34.8. The Hall–Kier alpha value is -2.06. The minimum absolute atomic E-state index is 0.0801. The van der Waals surface area contributed by atoms with Crippen molar-refractivity contribution in [3.05, 3.63) is 72.9 Å². The van der Waals surface area contributed by atoms with Gasteiger partial charge in [0, 0.05) is 13.0 Å². The van der Waals surface area contributed by atoms with E-state index in [1.165, 1.54) is 38.5 Å². The Labute approximate surface area is 325 Å². The van der Waals surface area contributed by atoms with Crippen LogP contribution in [0.25, 0.3) is 0 Å². The summed E-state index contributed by atoms with van der Waals surface area (Å²) >= 11 is 0. The van der Waals surface area contributed by atoms with Crippen molar-refractivity contribution in [2.45, 2.75) is 148 Å². The van der Waals surface area contributed by atoms with Crippen LogP contribution in [0.2, 0.25) is 0 Å². The first-order chi connectivity index (χ1) is 25.6. The lowest BCUT2D eigenvalue weighted by molar-refractivity contribution is -0.870. The molecule has 0 rings (SSSR count). The molecule has 2 atom stereocenters. The van der Waals surface area contributed by atoms with Crippen LogP contribution in [0.4, 0.5) is 0 Å². The van der Waals surface area contributed by atoms with Crippen LogP contribution in [0.1, 0.15) is 142 Å². The van der Waals surface area contributed by atoms with Crippen molar-refractivity contribution in [2.24, 2.45) is 0 Å². The number of ether oxygens (including phenoxy) is 2. The molecule has 9 heteroatoms. The number of carbonyl (C=O) groups is 1. The van der Waals surface area contributed by atoms with Gasteiger partial charge in [-0.2, -0.15) is 0 Å². The fourth-order valence-electron chi connectivity index (χ4n) is 5.08. The minimum Gasteiger partial charge on any atom is -0.457 e. The summed E-state index contributed by atoms with van der Waals surface area (Å²) in [5.74, 6) is -0.343. The van der Waals surface area contributed by atoms with Gasteiger partial charge in [0.1, 0.15) is 19.3 Å². The van der Waals surface area contributed by atoms with Gasteiger partial charge in [-0.05, 0) is 64.2 Å². The van der Waals surface area contributed by atoms with Crippen molar-refractivity contribution < 1.29 is 37.3 Å². The van der Waals surface area contributed by atoms with Crippen molar-refractivity contribution in [1.82, 2.24) is 0 Å². The van der Waals surface area contributed by atoms with Crippen molar-refractivity contribution in [3.63, 3.8) is 0 Å². The van der Waals surface area contributed by atoms with Gasteiger partial charge < -0.3 is 18.9 Å². The van der Waals surface area contributed by atoms with E-state index in [2.05, 4.69) is 86.8 Å². The quantitative estimate of drug-likeness (QED) is 0.0221. The van der Waals surface area contributed by atoms with E-state index in [0.29, 0.717) is 24.1 Å². The van der Waals surface area contributed by atoms with Crippen molar-refractivity contribution in [1.29, 1.82) is 0 Å². The number of quaternary nitrogens is 1. The highest BCUT2D eigenvalue weighted by atomic mass is 31.2. The number of unbranched alkanes of at least 4 members (excludes halogenated alkanes) is 11. The Morgan fingerprint density at radius 2 is 1.09 bits per heavy atom. The van der Waals surface area contributed by atoms with E-state index in [1.54, 1.807) is 0 Å². The average molecular weight is 765 g/mol. The molecule has 0 fully saturated rings. The molecule has 1 N–H and O–H groups in total. The second-order valence-electron chi connectivity index (χ2n) is 14.6. The molecule has 0 aliphatic rings. The van der Waals surface area contributed by atoms with E-state index in [0.717, 1.165) is 83.5 Å². The first kappa shape index (κ1) is 50.9. The normalized spacial score (nSPS) is 14.6. The molecule has 0 bridgehead atoms. The summed E-state index contributed by atoms with van der Waals surface area (Å²) in [6, 6.07) is 0. The van der Waals surface area contributed by atoms with E-state index in [4.69, 9.17) is 18.5 Å². The van der Waals surface area contributed by atoms with Crippen LogP contribution in [0.15, 0.2) is 72.9 Å². The number of carbonyl (C=O) groups excluding carboxylic acids is 1. The smallest absolute Gasteiger partial charge is 0.457 e. The van der Waals surface area contributed by atoms with Crippen molar-refractivity contribution in [2.75, 3.05) is 54.1 Å². The largest absolute Gasteiger partial charge is 0.472 e. The predicted octanol–water partition coefficient (Wildman–Crippen LogP) is 11.9. The molecule has 0 heterocycles. The molecule has 0 aromatic carbocycles. The Balaban J connectivity index is 4.24. The summed E-state index contributed by atoms with van der Waals surface area (Å²) in [4.78, 5) is 22.8. The van der Waals surface area contributed by atoms with Gasteiger partial charge in [0.05, 0.1) is 34.4 Å². The van der Waals surface area contributed by atoms with Gasteiger partial charge in [-0.15, -0.1) is 0 Å². The van der Waals surface area contributed by atoms with Gasteiger partial charge in [0.15, 0.2) is 0 Å². The van der Waals surface area contributed by atoms with Crippen LogP contribution in [0.5, 0.6) is 0 Å². The Bertz CT molecular complexity index is 1070. The highest BCUT2D eigenvalue weighted by Gasteiger charge is 2.26. The second kappa shape index (κ2) is 36.9. The lowest BCUT2D eigenvalue weighted by atomic mass is 10.1. The van der Waals surface area contributed by atoms with E-state index in [9.17, 15) is 14.3 Å². The zero-order valence-electron chi connectivity index (χ0n) is 34.5. The third-order valence-corrected chi connectivity index (χ3v) is 9.27. The predicted molar refractivity (Wildman–Crippen MR) is 224 cm³/mol. The van der Waals surface area contributed by atoms with E-state index in [-0.39, 0.29) is 25.8 Å². The summed E-state index contributed by atoms with van der Waals surface area (Å²) in [6.07, 6.45) is 46.5. The van der Waals surface area contributed by atoms with Crippen molar-refractivity contribution in [3.8, 4) is 0 Å². The highest BCUT2D eigenvalue weighted by molar-refractivity contribution is 7.47. The Morgan fingerprint density at radius 1 is 0.604 bits per heavy atom. The zero-order chi connectivity index (χ0) is 39.1. The number of rotatable bonds is 37. The maximum atomic E-state index is 12.6. The number of hydrogen-bond donors (Lipinski definition) is 1. The highest BCUT2D eigenvalue weighted by Crippen LogP contribution is 2.43. The second-order valence-corrected chi connectivity index (χ2v) is 16.1. The summed E-state index contributed by atoms with van der Waals surface area (Å²) in [6.45, 7) is 5.42. The number of likely N-dealkylation sites (N-methyl/N-ethyl adjacent to an activating group) is 1. The molecule has 0 spiro atoms. The molecule has 2 unspecified atom stereocenters. The van der Waals surface area contributed by atoms with Crippen LogP contribution in [-0.2, 0) is 27.9 Å². The maximum absolute atomic E-state index is 12.6. The summed E-state index contributed by atoms with van der Waals surface area (Å²) in [7, 11) is 1.64. The molecule has 8 nitrogen and oxygen atoms in total. The molecule has 0 aromatic heterocycles. The topological polar surface area (TPSA) is 91.3 Å².